The second-order valence-corrected chi connectivity index (χ2v) is 5.13. The number of hydrogen-bond acceptors (Lipinski definition) is 3. The number of imidazole rings is 1. The molecule has 0 unspecified atom stereocenters. The molecular weight excluding hydrogens is 254 g/mol. The van der Waals surface area contributed by atoms with Crippen LogP contribution in [-0.2, 0) is 6.54 Å². The molecule has 3 rings (SSSR count). The number of carbonyl (C=O) groups is 1. The molecule has 5 nitrogen and oxygen atoms in total. The van der Waals surface area contributed by atoms with Crippen LogP contribution in [0.25, 0.3) is 0 Å². The Morgan fingerprint density at radius 2 is 2.15 bits per heavy atom. The predicted octanol–water partition coefficient (Wildman–Crippen LogP) is 1.14. The Hall–Kier alpha value is -2.14. The van der Waals surface area contributed by atoms with Crippen molar-refractivity contribution in [3.8, 4) is 0 Å². The van der Waals surface area contributed by atoms with Crippen molar-refractivity contribution < 1.29 is 9.90 Å². The van der Waals surface area contributed by atoms with Crippen molar-refractivity contribution in [3.05, 3.63) is 54.1 Å². The minimum atomic E-state index is -0.375. The molecule has 1 aliphatic rings. The number of amides is 1. The van der Waals surface area contributed by atoms with Gasteiger partial charge in [-0.2, -0.15) is 0 Å². The number of benzene rings is 1. The second kappa shape index (κ2) is 5.46. The zero-order valence-electron chi connectivity index (χ0n) is 11.1. The summed E-state index contributed by atoms with van der Waals surface area (Å²) in [5.74, 6) is -0.00395. The Bertz CT molecular complexity index is 578. The van der Waals surface area contributed by atoms with Crippen LogP contribution in [0.2, 0.25) is 0 Å². The number of likely N-dealkylation sites (tertiary alicyclic amines) is 1. The molecule has 0 spiro atoms. The third-order valence-electron chi connectivity index (χ3n) is 3.58. The summed E-state index contributed by atoms with van der Waals surface area (Å²) < 4.78 is 1.98. The fraction of sp³-hybridized carbons (Fsp3) is 0.333. The van der Waals surface area contributed by atoms with E-state index in [2.05, 4.69) is 4.98 Å². The average molecular weight is 271 g/mol. The Morgan fingerprint density at radius 3 is 2.75 bits per heavy atom. The molecule has 1 aromatic carbocycles. The average Bonchev–Trinajstić information content (AvgIpc) is 3.10. The van der Waals surface area contributed by atoms with E-state index < -0.39 is 0 Å². The molecular formula is C15H17N3O2. The van der Waals surface area contributed by atoms with Gasteiger partial charge in [0.15, 0.2) is 0 Å². The minimum absolute atomic E-state index is 0.00395. The predicted molar refractivity (Wildman–Crippen MR) is 74.3 cm³/mol. The van der Waals surface area contributed by atoms with Crippen LogP contribution in [0, 0.1) is 0 Å². The molecule has 2 heterocycles. The van der Waals surface area contributed by atoms with Crippen molar-refractivity contribution >= 4 is 5.91 Å². The van der Waals surface area contributed by atoms with E-state index >= 15 is 0 Å². The van der Waals surface area contributed by atoms with E-state index in [-0.39, 0.29) is 12.0 Å². The number of aliphatic hydroxyl groups is 1. The monoisotopic (exact) mass is 271 g/mol. The highest BCUT2D eigenvalue weighted by Gasteiger charge is 2.25. The van der Waals surface area contributed by atoms with Crippen LogP contribution in [0.15, 0.2) is 43.0 Å². The molecule has 2 aromatic rings. The summed E-state index contributed by atoms with van der Waals surface area (Å²) in [4.78, 5) is 17.9. The summed E-state index contributed by atoms with van der Waals surface area (Å²) in [6.07, 6.45) is 5.72. The normalized spacial score (nSPS) is 18.4. The first-order valence-corrected chi connectivity index (χ1v) is 6.74. The van der Waals surface area contributed by atoms with E-state index in [0.717, 1.165) is 12.1 Å². The van der Waals surface area contributed by atoms with Gasteiger partial charge in [-0.1, -0.05) is 12.1 Å². The van der Waals surface area contributed by atoms with Gasteiger partial charge in [0.05, 0.1) is 12.4 Å². The van der Waals surface area contributed by atoms with Gasteiger partial charge in [0, 0.05) is 37.6 Å². The Balaban J connectivity index is 1.68. The lowest BCUT2D eigenvalue weighted by Gasteiger charge is -2.15. The molecule has 1 atom stereocenters. The van der Waals surface area contributed by atoms with Crippen LogP contribution in [0.3, 0.4) is 0 Å². The summed E-state index contributed by atoms with van der Waals surface area (Å²) in [5, 5.41) is 9.48. The third kappa shape index (κ3) is 2.72. The highest BCUT2D eigenvalue weighted by Crippen LogP contribution is 2.14. The topological polar surface area (TPSA) is 58.4 Å². The maximum Gasteiger partial charge on any atom is 0.253 e. The first-order chi connectivity index (χ1) is 9.72. The van der Waals surface area contributed by atoms with Crippen molar-refractivity contribution in [3.63, 3.8) is 0 Å². The standard InChI is InChI=1S/C15H17N3O2/c19-14-5-7-18(10-14)15(20)13-3-1-12(2-4-13)9-17-8-6-16-11-17/h1-4,6,8,11,14,19H,5,7,9-10H2/t14-/m1/s1. The molecule has 0 saturated carbocycles. The molecule has 1 fully saturated rings. The molecule has 1 saturated heterocycles. The fourth-order valence-corrected chi connectivity index (χ4v) is 2.45. The number of hydrogen-bond donors (Lipinski definition) is 1. The van der Waals surface area contributed by atoms with E-state index in [1.807, 2.05) is 35.0 Å². The number of aromatic nitrogens is 2. The quantitative estimate of drug-likeness (QED) is 0.910. The van der Waals surface area contributed by atoms with E-state index in [0.29, 0.717) is 25.1 Å². The van der Waals surface area contributed by atoms with E-state index in [1.165, 1.54) is 0 Å². The molecule has 0 radical (unpaired) electrons. The number of aliphatic hydroxyl groups excluding tert-OH is 1. The number of carbonyl (C=O) groups excluding carboxylic acids is 1. The van der Waals surface area contributed by atoms with Crippen molar-refractivity contribution in [2.45, 2.75) is 19.1 Å². The van der Waals surface area contributed by atoms with Gasteiger partial charge in [-0.05, 0) is 24.1 Å². The Morgan fingerprint density at radius 1 is 1.35 bits per heavy atom. The van der Waals surface area contributed by atoms with Gasteiger partial charge in [0.1, 0.15) is 0 Å². The van der Waals surface area contributed by atoms with Gasteiger partial charge in [0.25, 0.3) is 5.91 Å². The molecule has 0 bridgehead atoms. The summed E-state index contributed by atoms with van der Waals surface area (Å²) in [5.41, 5.74) is 1.80. The lowest BCUT2D eigenvalue weighted by molar-refractivity contribution is 0.0765. The zero-order valence-corrected chi connectivity index (χ0v) is 11.1. The summed E-state index contributed by atoms with van der Waals surface area (Å²) in [6.45, 7) is 1.82. The molecule has 20 heavy (non-hydrogen) atoms. The van der Waals surface area contributed by atoms with Crippen molar-refractivity contribution in [2.24, 2.45) is 0 Å². The van der Waals surface area contributed by atoms with Crippen molar-refractivity contribution in [1.29, 1.82) is 0 Å². The van der Waals surface area contributed by atoms with Crippen LogP contribution in [0.4, 0.5) is 0 Å². The summed E-state index contributed by atoms with van der Waals surface area (Å²) >= 11 is 0. The van der Waals surface area contributed by atoms with Crippen molar-refractivity contribution in [2.75, 3.05) is 13.1 Å². The SMILES string of the molecule is O=C(c1ccc(Cn2ccnc2)cc1)N1CC[C@@H](O)C1. The lowest BCUT2D eigenvalue weighted by atomic mass is 10.1. The van der Waals surface area contributed by atoms with E-state index in [1.54, 1.807) is 17.4 Å². The van der Waals surface area contributed by atoms with E-state index in [9.17, 15) is 9.90 Å². The Labute approximate surface area is 117 Å². The summed E-state index contributed by atoms with van der Waals surface area (Å²) in [7, 11) is 0. The first kappa shape index (κ1) is 12.9. The van der Waals surface area contributed by atoms with Crippen LogP contribution in [0.5, 0.6) is 0 Å². The van der Waals surface area contributed by atoms with Crippen molar-refractivity contribution in [1.82, 2.24) is 14.5 Å². The molecule has 5 heteroatoms. The fourth-order valence-electron chi connectivity index (χ4n) is 2.45. The maximum absolute atomic E-state index is 12.2. The van der Waals surface area contributed by atoms with Crippen LogP contribution in [-0.4, -0.2) is 44.7 Å². The van der Waals surface area contributed by atoms with Gasteiger partial charge in [-0.3, -0.25) is 4.79 Å². The molecule has 1 aliphatic heterocycles. The van der Waals surface area contributed by atoms with Crippen LogP contribution < -0.4 is 0 Å². The minimum Gasteiger partial charge on any atom is -0.391 e. The second-order valence-electron chi connectivity index (χ2n) is 5.13. The number of rotatable bonds is 3. The van der Waals surface area contributed by atoms with Gasteiger partial charge < -0.3 is 14.6 Å². The highest BCUT2D eigenvalue weighted by molar-refractivity contribution is 5.94. The first-order valence-electron chi connectivity index (χ1n) is 6.74. The van der Waals surface area contributed by atoms with Gasteiger partial charge >= 0.3 is 0 Å². The van der Waals surface area contributed by atoms with E-state index in [4.69, 9.17) is 0 Å². The Kier molecular flexibility index (Phi) is 3.52. The zero-order chi connectivity index (χ0) is 13.9. The molecule has 104 valence electrons. The lowest BCUT2D eigenvalue weighted by Crippen LogP contribution is -2.29. The third-order valence-corrected chi connectivity index (χ3v) is 3.58. The summed E-state index contributed by atoms with van der Waals surface area (Å²) in [6, 6.07) is 7.61. The number of nitrogens with zero attached hydrogens (tertiary/aromatic N) is 3. The van der Waals surface area contributed by atoms with Gasteiger partial charge in [-0.15, -0.1) is 0 Å². The maximum atomic E-state index is 12.2. The smallest absolute Gasteiger partial charge is 0.253 e. The van der Waals surface area contributed by atoms with Gasteiger partial charge in [-0.25, -0.2) is 4.98 Å². The molecule has 1 aromatic heterocycles. The molecule has 1 N–H and O–H groups in total. The van der Waals surface area contributed by atoms with Crippen LogP contribution >= 0.6 is 0 Å². The molecule has 0 aliphatic carbocycles. The molecule has 1 amide bonds. The van der Waals surface area contributed by atoms with Crippen LogP contribution in [0.1, 0.15) is 22.3 Å². The number of β-amino-alcohol motifs (C(OH)–C–C–N with tert-alkyl or cyclic N) is 1. The largest absolute Gasteiger partial charge is 0.391 e. The van der Waals surface area contributed by atoms with Gasteiger partial charge in [0.2, 0.25) is 0 Å². The highest BCUT2D eigenvalue weighted by atomic mass is 16.3.